The molecule has 7 N–H and O–H groups in total. The van der Waals surface area contributed by atoms with E-state index in [9.17, 15) is 54.9 Å². The first kappa shape index (κ1) is 63.8. The Morgan fingerprint density at radius 3 is 1.26 bits per heavy atom. The molecule has 0 aromatic heterocycles. The van der Waals surface area contributed by atoms with Gasteiger partial charge in [-0.15, -0.1) is 0 Å². The summed E-state index contributed by atoms with van der Waals surface area (Å²) in [7, 11) is 0. The van der Waals surface area contributed by atoms with E-state index in [0.29, 0.717) is 51.4 Å². The molecular weight excluding hydrogens is 929 g/mol. The van der Waals surface area contributed by atoms with Crippen LogP contribution in [0.3, 0.4) is 0 Å². The summed E-state index contributed by atoms with van der Waals surface area (Å²) in [6, 6.07) is 0. The van der Waals surface area contributed by atoms with Crippen molar-refractivity contribution in [2.45, 2.75) is 320 Å². The fraction of sp³-hybridized carbons (Fsp3) is 0.929. The summed E-state index contributed by atoms with van der Waals surface area (Å²) in [5.41, 5.74) is 0. The summed E-state index contributed by atoms with van der Waals surface area (Å²) in [6.07, 6.45) is 4.86. The molecule has 0 radical (unpaired) electrons. The quantitative estimate of drug-likeness (QED) is 0.0170. The highest BCUT2D eigenvalue weighted by atomic mass is 16.7. The molecule has 0 aromatic carbocycles. The first-order valence-electron chi connectivity index (χ1n) is 29.7. The van der Waals surface area contributed by atoms with Crippen LogP contribution in [0.1, 0.15) is 262 Å². The van der Waals surface area contributed by atoms with Crippen molar-refractivity contribution >= 4 is 23.9 Å². The number of carbonyl (C=O) groups excluding carboxylic acids is 4. The van der Waals surface area contributed by atoms with Crippen LogP contribution in [0.15, 0.2) is 0 Å². The zero-order valence-corrected chi connectivity index (χ0v) is 45.1. The average Bonchev–Trinajstić information content (AvgIpc) is 3.37. The van der Waals surface area contributed by atoms with Crippen molar-refractivity contribution in [3.05, 3.63) is 0 Å². The molecule has 1 saturated heterocycles. The molecule has 1 rings (SSSR count). The molecule has 72 heavy (non-hydrogen) atoms. The lowest BCUT2D eigenvalue weighted by atomic mass is 9.84. The van der Waals surface area contributed by atoms with Crippen LogP contribution < -0.4 is 0 Å². The highest BCUT2D eigenvalue weighted by molar-refractivity contribution is 5.72. The van der Waals surface area contributed by atoms with Gasteiger partial charge in [-0.3, -0.25) is 19.2 Å². The van der Waals surface area contributed by atoms with Crippen LogP contribution in [-0.2, 0) is 42.9 Å². The van der Waals surface area contributed by atoms with Gasteiger partial charge < -0.3 is 59.4 Å². The second-order valence-corrected chi connectivity index (χ2v) is 20.1. The number of hydrogen-bond acceptors (Lipinski definition) is 16. The standard InChI is InChI=1S/C56H104O16/c1-5-9-13-15-17-19-21-23-25-27-29-31-35-39-47(61)70-53-52(69-46(60)38-34-12-8-4)44(42-68-45(59)37-33-11-7-3)72-56(67,54(66)51(65)50(64)49(63)43(58)41-57)55(53)71-48(62)40-36-32-30-28-26-24-22-20-18-16-14-10-6-2/h43-44,49-55,57-58,63-67H,5-42H2,1-4H3/t43-,44-,49-,50+,51+,52-,53+,54?,55+,56?/m1/s1/i35D,36D/t35?,36?,43-,44-,49-,50+,51+,52-,53+,54?,55+,56?. The minimum atomic E-state index is -3.43. The molecule has 4 unspecified atom stereocenters. The zero-order valence-electron chi connectivity index (χ0n) is 47.1. The maximum Gasteiger partial charge on any atom is 0.306 e. The normalized spacial score (nSPS) is 22.4. The lowest BCUT2D eigenvalue weighted by molar-refractivity contribution is -0.387. The van der Waals surface area contributed by atoms with Crippen LogP contribution in [0.25, 0.3) is 0 Å². The Kier molecular flexibility index (Phi) is 37.9. The summed E-state index contributed by atoms with van der Waals surface area (Å²) in [5.74, 6) is -7.15. The van der Waals surface area contributed by atoms with Gasteiger partial charge >= 0.3 is 23.9 Å². The van der Waals surface area contributed by atoms with Gasteiger partial charge in [-0.2, -0.15) is 0 Å². The Hall–Kier alpha value is -2.44. The van der Waals surface area contributed by atoms with Gasteiger partial charge in [0.15, 0.2) is 18.3 Å². The van der Waals surface area contributed by atoms with Gasteiger partial charge in [0, 0.05) is 28.4 Å². The van der Waals surface area contributed by atoms with Crippen LogP contribution in [0.5, 0.6) is 0 Å². The maximum absolute atomic E-state index is 14.0. The second kappa shape index (κ2) is 42.7. The third-order valence-electron chi connectivity index (χ3n) is 13.6. The highest BCUT2D eigenvalue weighted by Crippen LogP contribution is 2.39. The lowest BCUT2D eigenvalue weighted by Crippen LogP contribution is -2.74. The first-order chi connectivity index (χ1) is 35.5. The van der Waals surface area contributed by atoms with Gasteiger partial charge in [-0.05, 0) is 25.6 Å². The van der Waals surface area contributed by atoms with Crippen LogP contribution in [0.4, 0.5) is 0 Å². The molecule has 0 saturated carbocycles. The molecule has 12 atom stereocenters. The number of rotatable bonds is 47. The lowest BCUT2D eigenvalue weighted by Gasteiger charge is -2.51. The second-order valence-electron chi connectivity index (χ2n) is 20.1. The molecular formula is C56H104O16. The number of hydrogen-bond donors (Lipinski definition) is 7. The van der Waals surface area contributed by atoms with Crippen molar-refractivity contribution in [3.8, 4) is 0 Å². The third kappa shape index (κ3) is 29.0. The monoisotopic (exact) mass is 1030 g/mol. The highest BCUT2D eigenvalue weighted by Gasteiger charge is 2.64. The Morgan fingerprint density at radius 1 is 0.472 bits per heavy atom. The van der Waals surface area contributed by atoms with Gasteiger partial charge in [-0.25, -0.2) is 0 Å². The van der Waals surface area contributed by atoms with Crippen LogP contribution in [0.2, 0.25) is 0 Å². The first-order valence-corrected chi connectivity index (χ1v) is 28.5. The molecule has 1 aliphatic rings. The summed E-state index contributed by atoms with van der Waals surface area (Å²) >= 11 is 0. The van der Waals surface area contributed by atoms with Crippen molar-refractivity contribution in [1.29, 1.82) is 0 Å². The third-order valence-corrected chi connectivity index (χ3v) is 13.6. The number of aliphatic hydroxyl groups excluding tert-OH is 6. The largest absolute Gasteiger partial charge is 0.463 e. The van der Waals surface area contributed by atoms with Crippen molar-refractivity contribution in [3.63, 3.8) is 0 Å². The maximum atomic E-state index is 14.0. The molecule has 0 aromatic rings. The molecule has 0 bridgehead atoms. The fourth-order valence-corrected chi connectivity index (χ4v) is 8.99. The van der Waals surface area contributed by atoms with Gasteiger partial charge in [-0.1, -0.05) is 207 Å². The molecule has 424 valence electrons. The minimum Gasteiger partial charge on any atom is -0.463 e. The Morgan fingerprint density at radius 2 is 0.833 bits per heavy atom. The summed E-state index contributed by atoms with van der Waals surface area (Å²) < 4.78 is 46.7. The van der Waals surface area contributed by atoms with E-state index in [1.54, 1.807) is 0 Å². The molecule has 0 aliphatic carbocycles. The molecule has 0 spiro atoms. The van der Waals surface area contributed by atoms with Gasteiger partial charge in [0.2, 0.25) is 5.79 Å². The fourth-order valence-electron chi connectivity index (χ4n) is 8.99. The molecule has 1 aliphatic heterocycles. The van der Waals surface area contributed by atoms with Crippen molar-refractivity contribution in [2.24, 2.45) is 0 Å². The molecule has 16 heteroatoms. The summed E-state index contributed by atoms with van der Waals surface area (Å²) in [6.45, 7) is 6.38. The van der Waals surface area contributed by atoms with E-state index in [4.69, 9.17) is 26.4 Å². The summed E-state index contributed by atoms with van der Waals surface area (Å²) in [5, 5.41) is 76.8. The number of ether oxygens (including phenoxy) is 5. The SMILES string of the molecule is [2H]C(CCCCCCCCCCCCC)CC(=O)O[C@H]1[C@H](OC(=O)CCCCC)[C@@H](COC(=O)CCCCC)OC(O)(C(O)[C@@H](O)[C@@H](O)[C@H](O)[C@H](O)CO)[C@H]1OC(=O)CC([2H])CCCCCCCCCCCCC. The molecule has 16 nitrogen and oxygen atoms in total. The molecule has 1 fully saturated rings. The number of esters is 4. The van der Waals surface area contributed by atoms with E-state index in [2.05, 4.69) is 13.8 Å². The zero-order chi connectivity index (χ0) is 55.2. The van der Waals surface area contributed by atoms with Gasteiger partial charge in [0.05, 0.1) is 6.61 Å². The average molecular weight is 1040 g/mol. The van der Waals surface area contributed by atoms with Gasteiger partial charge in [0.25, 0.3) is 0 Å². The van der Waals surface area contributed by atoms with E-state index in [1.807, 2.05) is 13.8 Å². The Balaban J connectivity index is 3.58. The number of carbonyl (C=O) groups is 4. The van der Waals surface area contributed by atoms with Gasteiger partial charge in [0.1, 0.15) is 43.2 Å². The van der Waals surface area contributed by atoms with Crippen LogP contribution in [0, 0.1) is 0 Å². The van der Waals surface area contributed by atoms with E-state index in [-0.39, 0.29) is 12.8 Å². The minimum absolute atomic E-state index is 0.0267. The Labute approximate surface area is 436 Å². The van der Waals surface area contributed by atoms with E-state index in [1.165, 1.54) is 77.0 Å². The van der Waals surface area contributed by atoms with E-state index < -0.39 is 123 Å². The smallest absolute Gasteiger partial charge is 0.306 e. The van der Waals surface area contributed by atoms with E-state index >= 15 is 0 Å². The van der Waals surface area contributed by atoms with E-state index in [0.717, 1.165) is 64.2 Å². The van der Waals surface area contributed by atoms with Crippen molar-refractivity contribution < 1.29 is 81.3 Å². The number of unbranched alkanes of at least 4 members (excludes halogenated alkanes) is 24. The van der Waals surface area contributed by atoms with Crippen LogP contribution >= 0.6 is 0 Å². The predicted molar refractivity (Wildman–Crippen MR) is 276 cm³/mol. The topological polar surface area (TPSA) is 256 Å². The number of aliphatic hydroxyl groups is 7. The van der Waals surface area contributed by atoms with Crippen molar-refractivity contribution in [1.82, 2.24) is 0 Å². The Bertz CT molecular complexity index is 1450. The molecule has 0 amide bonds. The summed E-state index contributed by atoms with van der Waals surface area (Å²) in [4.78, 5) is 54.5. The molecule has 1 heterocycles. The van der Waals surface area contributed by atoms with Crippen molar-refractivity contribution in [2.75, 3.05) is 13.2 Å². The van der Waals surface area contributed by atoms with Crippen LogP contribution in [-0.4, -0.2) is 134 Å². The predicted octanol–water partition coefficient (Wildman–Crippen LogP) is 9.27.